The molecule has 0 radical (unpaired) electrons. The van der Waals surface area contributed by atoms with Gasteiger partial charge in [-0.25, -0.2) is 0 Å². The SMILES string of the molecule is COc1cc(Cl)cc(C2(C(=O)O)CC2)c1OC. The van der Waals surface area contributed by atoms with Crippen molar-refractivity contribution in [1.82, 2.24) is 0 Å². The first kappa shape index (κ1) is 12.0. The highest BCUT2D eigenvalue weighted by Crippen LogP contribution is 2.54. The van der Waals surface area contributed by atoms with Gasteiger partial charge in [0.05, 0.1) is 19.6 Å². The molecule has 0 heterocycles. The van der Waals surface area contributed by atoms with Crippen LogP contribution in [-0.4, -0.2) is 25.3 Å². The van der Waals surface area contributed by atoms with Gasteiger partial charge < -0.3 is 14.6 Å². The molecular formula is C12H13ClO4. The molecule has 0 saturated heterocycles. The van der Waals surface area contributed by atoms with E-state index >= 15 is 0 Å². The number of halogens is 1. The zero-order chi connectivity index (χ0) is 12.6. The Kier molecular flexibility index (Phi) is 2.91. The van der Waals surface area contributed by atoms with Gasteiger partial charge >= 0.3 is 5.97 Å². The third-order valence-corrected chi connectivity index (χ3v) is 3.34. The molecule has 0 unspecified atom stereocenters. The maximum absolute atomic E-state index is 11.3. The van der Waals surface area contributed by atoms with E-state index in [1.165, 1.54) is 14.2 Å². The van der Waals surface area contributed by atoms with E-state index in [4.69, 9.17) is 21.1 Å². The summed E-state index contributed by atoms with van der Waals surface area (Å²) in [5, 5.41) is 9.74. The molecule has 5 heteroatoms. The van der Waals surface area contributed by atoms with Gasteiger partial charge in [0, 0.05) is 16.7 Å². The lowest BCUT2D eigenvalue weighted by molar-refractivity contribution is -0.140. The second-order valence-electron chi connectivity index (χ2n) is 4.08. The normalized spacial score (nSPS) is 16.4. The largest absolute Gasteiger partial charge is 0.493 e. The number of aliphatic carboxylic acids is 1. The van der Waals surface area contributed by atoms with Gasteiger partial charge in [0.2, 0.25) is 0 Å². The van der Waals surface area contributed by atoms with Gasteiger partial charge in [0.1, 0.15) is 0 Å². The van der Waals surface area contributed by atoms with E-state index in [1.54, 1.807) is 12.1 Å². The van der Waals surface area contributed by atoms with E-state index in [0.717, 1.165) is 0 Å². The Morgan fingerprint density at radius 2 is 2.00 bits per heavy atom. The van der Waals surface area contributed by atoms with Crippen molar-refractivity contribution in [3.05, 3.63) is 22.7 Å². The molecule has 2 rings (SSSR count). The van der Waals surface area contributed by atoms with E-state index in [0.29, 0.717) is 34.9 Å². The number of carbonyl (C=O) groups is 1. The van der Waals surface area contributed by atoms with Crippen molar-refractivity contribution in [2.24, 2.45) is 0 Å². The predicted molar refractivity (Wildman–Crippen MR) is 63.1 cm³/mol. The zero-order valence-corrected chi connectivity index (χ0v) is 10.4. The first-order chi connectivity index (χ1) is 8.05. The summed E-state index contributed by atoms with van der Waals surface area (Å²) < 4.78 is 10.4. The van der Waals surface area contributed by atoms with E-state index in [1.807, 2.05) is 0 Å². The molecule has 1 aliphatic carbocycles. The van der Waals surface area contributed by atoms with Crippen LogP contribution in [0.5, 0.6) is 11.5 Å². The molecule has 1 fully saturated rings. The Morgan fingerprint density at radius 3 is 2.41 bits per heavy atom. The van der Waals surface area contributed by atoms with Crippen molar-refractivity contribution in [2.75, 3.05) is 14.2 Å². The number of benzene rings is 1. The number of carboxylic acid groups (broad SMARTS) is 1. The number of methoxy groups -OCH3 is 2. The Bertz CT molecular complexity index is 466. The molecule has 0 atom stereocenters. The molecule has 1 N–H and O–H groups in total. The second kappa shape index (κ2) is 4.11. The summed E-state index contributed by atoms with van der Waals surface area (Å²) in [6, 6.07) is 3.26. The van der Waals surface area contributed by atoms with E-state index in [-0.39, 0.29) is 0 Å². The number of hydrogen-bond acceptors (Lipinski definition) is 3. The van der Waals surface area contributed by atoms with Crippen molar-refractivity contribution in [2.45, 2.75) is 18.3 Å². The molecule has 1 aromatic rings. The summed E-state index contributed by atoms with van der Waals surface area (Å²) >= 11 is 5.97. The lowest BCUT2D eigenvalue weighted by atomic mass is 9.94. The summed E-state index contributed by atoms with van der Waals surface area (Å²) in [4.78, 5) is 11.3. The van der Waals surface area contributed by atoms with Gasteiger partial charge in [-0.15, -0.1) is 0 Å². The lowest BCUT2D eigenvalue weighted by Crippen LogP contribution is -2.20. The quantitative estimate of drug-likeness (QED) is 0.899. The highest BCUT2D eigenvalue weighted by Gasteiger charge is 2.54. The van der Waals surface area contributed by atoms with Crippen LogP contribution in [0, 0.1) is 0 Å². The van der Waals surface area contributed by atoms with Crippen molar-refractivity contribution in [1.29, 1.82) is 0 Å². The molecule has 4 nitrogen and oxygen atoms in total. The smallest absolute Gasteiger partial charge is 0.314 e. The first-order valence-corrected chi connectivity index (χ1v) is 5.58. The van der Waals surface area contributed by atoms with Crippen LogP contribution in [0.4, 0.5) is 0 Å². The average molecular weight is 257 g/mol. The van der Waals surface area contributed by atoms with Crippen LogP contribution in [0.3, 0.4) is 0 Å². The van der Waals surface area contributed by atoms with Crippen LogP contribution in [0.1, 0.15) is 18.4 Å². The highest BCUT2D eigenvalue weighted by atomic mass is 35.5. The minimum atomic E-state index is -0.858. The highest BCUT2D eigenvalue weighted by molar-refractivity contribution is 6.31. The molecule has 1 saturated carbocycles. The molecule has 0 spiro atoms. The van der Waals surface area contributed by atoms with Crippen LogP contribution in [0.25, 0.3) is 0 Å². The Morgan fingerprint density at radius 1 is 1.35 bits per heavy atom. The lowest BCUT2D eigenvalue weighted by Gasteiger charge is -2.17. The van der Waals surface area contributed by atoms with Crippen LogP contribution >= 0.6 is 11.6 Å². The monoisotopic (exact) mass is 256 g/mol. The van der Waals surface area contributed by atoms with Crippen molar-refractivity contribution >= 4 is 17.6 Å². The molecule has 92 valence electrons. The van der Waals surface area contributed by atoms with Crippen LogP contribution in [-0.2, 0) is 10.2 Å². The van der Waals surface area contributed by atoms with Gasteiger partial charge in [-0.3, -0.25) is 4.79 Å². The van der Waals surface area contributed by atoms with Crippen molar-refractivity contribution in [3.8, 4) is 11.5 Å². The van der Waals surface area contributed by atoms with Gasteiger partial charge in [0.25, 0.3) is 0 Å². The van der Waals surface area contributed by atoms with Crippen molar-refractivity contribution < 1.29 is 19.4 Å². The maximum atomic E-state index is 11.3. The third kappa shape index (κ3) is 1.82. The molecule has 0 aliphatic heterocycles. The molecule has 1 aromatic carbocycles. The molecule has 0 aromatic heterocycles. The minimum absolute atomic E-state index is 0.449. The second-order valence-corrected chi connectivity index (χ2v) is 4.51. The third-order valence-electron chi connectivity index (χ3n) is 3.12. The van der Waals surface area contributed by atoms with Crippen LogP contribution < -0.4 is 9.47 Å². The minimum Gasteiger partial charge on any atom is -0.493 e. The molecule has 0 bridgehead atoms. The first-order valence-electron chi connectivity index (χ1n) is 5.20. The van der Waals surface area contributed by atoms with E-state index in [9.17, 15) is 9.90 Å². The fourth-order valence-corrected chi connectivity index (χ4v) is 2.22. The molecule has 17 heavy (non-hydrogen) atoms. The summed E-state index contributed by atoms with van der Waals surface area (Å²) in [6.07, 6.45) is 1.20. The fraction of sp³-hybridized carbons (Fsp3) is 0.417. The molecule has 0 amide bonds. The summed E-state index contributed by atoms with van der Waals surface area (Å²) in [7, 11) is 2.99. The van der Waals surface area contributed by atoms with Gasteiger partial charge in [0.15, 0.2) is 11.5 Å². The predicted octanol–water partition coefficient (Wildman–Crippen LogP) is 2.47. The fourth-order valence-electron chi connectivity index (χ4n) is 2.01. The van der Waals surface area contributed by atoms with E-state index < -0.39 is 11.4 Å². The number of rotatable bonds is 4. The number of hydrogen-bond donors (Lipinski definition) is 1. The standard InChI is InChI=1S/C12H13ClO4/c1-16-9-6-7(13)5-8(10(9)17-2)12(3-4-12)11(14)15/h5-6H,3-4H2,1-2H3,(H,14,15). The zero-order valence-electron chi connectivity index (χ0n) is 9.62. The maximum Gasteiger partial charge on any atom is 0.314 e. The Hall–Kier alpha value is -1.42. The Labute approximate surface area is 104 Å². The Balaban J connectivity index is 2.60. The summed E-state index contributed by atoms with van der Waals surface area (Å²) in [6.45, 7) is 0. The van der Waals surface area contributed by atoms with Gasteiger partial charge in [-0.1, -0.05) is 11.6 Å². The molecule has 1 aliphatic rings. The average Bonchev–Trinajstić information content (AvgIpc) is 3.08. The summed E-state index contributed by atoms with van der Waals surface area (Å²) in [5.74, 6) is 0.0689. The van der Waals surface area contributed by atoms with Gasteiger partial charge in [-0.2, -0.15) is 0 Å². The number of carboxylic acids is 1. The summed E-state index contributed by atoms with van der Waals surface area (Å²) in [5.41, 5.74) is -0.263. The van der Waals surface area contributed by atoms with Crippen LogP contribution in [0.2, 0.25) is 5.02 Å². The number of ether oxygens (including phenoxy) is 2. The topological polar surface area (TPSA) is 55.8 Å². The van der Waals surface area contributed by atoms with Crippen molar-refractivity contribution in [3.63, 3.8) is 0 Å². The van der Waals surface area contributed by atoms with E-state index in [2.05, 4.69) is 0 Å². The van der Waals surface area contributed by atoms with Gasteiger partial charge in [-0.05, 0) is 18.9 Å². The molecular weight excluding hydrogens is 244 g/mol. The van der Waals surface area contributed by atoms with Crippen LogP contribution in [0.15, 0.2) is 12.1 Å².